The quantitative estimate of drug-likeness (QED) is 0.626. The van der Waals surface area contributed by atoms with Crippen LogP contribution in [0.15, 0.2) is 60.7 Å². The van der Waals surface area contributed by atoms with Gasteiger partial charge < -0.3 is 16.0 Å². The lowest BCUT2D eigenvalue weighted by Gasteiger charge is -2.45. The normalized spacial score (nSPS) is 20.7. The van der Waals surface area contributed by atoms with Crippen LogP contribution < -0.4 is 16.0 Å². The Hall–Kier alpha value is -2.56. The summed E-state index contributed by atoms with van der Waals surface area (Å²) in [7, 11) is 0. The lowest BCUT2D eigenvalue weighted by Crippen LogP contribution is -2.57. The van der Waals surface area contributed by atoms with Crippen molar-refractivity contribution in [3.05, 3.63) is 82.6 Å². The zero-order valence-electron chi connectivity index (χ0n) is 15.4. The van der Waals surface area contributed by atoms with Crippen LogP contribution in [0.4, 0.5) is 15.8 Å². The molecule has 1 fully saturated rings. The predicted octanol–water partition coefficient (Wildman–Crippen LogP) is 4.59. The van der Waals surface area contributed by atoms with Gasteiger partial charge in [0.25, 0.3) is 0 Å². The highest BCUT2D eigenvalue weighted by molar-refractivity contribution is 6.34. The molecule has 0 radical (unpaired) electrons. The molecule has 5 heteroatoms. The van der Waals surface area contributed by atoms with Crippen molar-refractivity contribution in [1.82, 2.24) is 5.32 Å². The summed E-state index contributed by atoms with van der Waals surface area (Å²) < 4.78 is 14.9. The van der Waals surface area contributed by atoms with Crippen molar-refractivity contribution in [3.8, 4) is 11.1 Å². The van der Waals surface area contributed by atoms with Crippen LogP contribution in [0.25, 0.3) is 11.1 Å². The van der Waals surface area contributed by atoms with Crippen LogP contribution in [0.1, 0.15) is 11.1 Å². The number of hydrogen-bond acceptors (Lipinski definition) is 3. The molecule has 3 N–H and O–H groups in total. The minimum Gasteiger partial charge on any atom is -0.398 e. The van der Waals surface area contributed by atoms with Gasteiger partial charge in [0, 0.05) is 48.6 Å². The molecule has 0 aromatic heterocycles. The van der Waals surface area contributed by atoms with Gasteiger partial charge in [-0.25, -0.2) is 4.39 Å². The van der Waals surface area contributed by atoms with Crippen LogP contribution in [-0.4, -0.2) is 19.6 Å². The fourth-order valence-electron chi connectivity index (χ4n) is 4.78. The number of rotatable bonds is 2. The molecule has 3 nitrogen and oxygen atoms in total. The zero-order chi connectivity index (χ0) is 19.3. The highest BCUT2D eigenvalue weighted by Crippen LogP contribution is 2.52. The van der Waals surface area contributed by atoms with Gasteiger partial charge in [0.1, 0.15) is 5.82 Å². The van der Waals surface area contributed by atoms with Crippen molar-refractivity contribution in [2.75, 3.05) is 30.3 Å². The molecule has 3 aromatic rings. The second kappa shape index (κ2) is 6.50. The second-order valence-electron chi connectivity index (χ2n) is 7.54. The summed E-state index contributed by atoms with van der Waals surface area (Å²) >= 11 is 6.51. The largest absolute Gasteiger partial charge is 0.398 e. The Balaban J connectivity index is 1.77. The number of para-hydroxylation sites is 1. The third-order valence-corrected chi connectivity index (χ3v) is 6.42. The summed E-state index contributed by atoms with van der Waals surface area (Å²) in [4.78, 5) is 2.34. The van der Waals surface area contributed by atoms with Crippen LogP contribution in [-0.2, 0) is 12.0 Å². The smallest absolute Gasteiger partial charge is 0.144 e. The van der Waals surface area contributed by atoms with E-state index in [9.17, 15) is 4.39 Å². The average molecular weight is 394 g/mol. The average Bonchev–Trinajstić information content (AvgIpc) is 3.06. The van der Waals surface area contributed by atoms with Gasteiger partial charge in [-0.05, 0) is 23.3 Å². The van der Waals surface area contributed by atoms with E-state index in [1.807, 2.05) is 30.3 Å². The Morgan fingerprint density at radius 1 is 1.07 bits per heavy atom. The van der Waals surface area contributed by atoms with Gasteiger partial charge in [-0.2, -0.15) is 0 Å². The van der Waals surface area contributed by atoms with Crippen molar-refractivity contribution in [2.45, 2.75) is 12.0 Å². The van der Waals surface area contributed by atoms with Crippen molar-refractivity contribution in [1.29, 1.82) is 0 Å². The highest BCUT2D eigenvalue weighted by Gasteiger charge is 2.48. The number of piperazine rings is 1. The van der Waals surface area contributed by atoms with Gasteiger partial charge in [0.2, 0.25) is 0 Å². The summed E-state index contributed by atoms with van der Waals surface area (Å²) in [6.45, 7) is 2.47. The molecule has 28 heavy (non-hydrogen) atoms. The molecule has 2 aliphatic heterocycles. The summed E-state index contributed by atoms with van der Waals surface area (Å²) in [6.07, 6.45) is 0.753. The SMILES string of the molecule is Nc1ccccc1-c1c(Cl)c(F)cc2c1C[C@]1(c3ccccc3)CNCCN21. The molecule has 0 unspecified atom stereocenters. The predicted molar refractivity (Wildman–Crippen MR) is 113 cm³/mol. The number of hydrogen-bond donors (Lipinski definition) is 2. The van der Waals surface area contributed by atoms with Gasteiger partial charge >= 0.3 is 0 Å². The molecule has 142 valence electrons. The Morgan fingerprint density at radius 3 is 2.61 bits per heavy atom. The van der Waals surface area contributed by atoms with Crippen LogP contribution in [0.3, 0.4) is 0 Å². The number of nitrogens with two attached hydrogens (primary N) is 1. The van der Waals surface area contributed by atoms with E-state index in [-0.39, 0.29) is 10.6 Å². The Morgan fingerprint density at radius 2 is 1.82 bits per heavy atom. The van der Waals surface area contributed by atoms with E-state index in [0.717, 1.165) is 48.4 Å². The van der Waals surface area contributed by atoms with Crippen LogP contribution in [0, 0.1) is 5.82 Å². The molecule has 0 saturated carbocycles. The van der Waals surface area contributed by atoms with Gasteiger partial charge in [0.05, 0.1) is 10.6 Å². The fraction of sp³-hybridized carbons (Fsp3) is 0.217. The van der Waals surface area contributed by atoms with E-state index >= 15 is 0 Å². The molecule has 3 aromatic carbocycles. The van der Waals surface area contributed by atoms with E-state index < -0.39 is 5.82 Å². The third-order valence-electron chi connectivity index (χ3n) is 6.05. The topological polar surface area (TPSA) is 41.3 Å². The molecule has 0 aliphatic carbocycles. The number of nitrogens with one attached hydrogen (secondary N) is 1. The Kier molecular flexibility index (Phi) is 4.07. The molecule has 5 rings (SSSR count). The van der Waals surface area contributed by atoms with E-state index in [4.69, 9.17) is 17.3 Å². The first-order valence-electron chi connectivity index (χ1n) is 9.51. The van der Waals surface area contributed by atoms with E-state index in [1.165, 1.54) is 5.56 Å². The van der Waals surface area contributed by atoms with Crippen LogP contribution >= 0.6 is 11.6 Å². The molecule has 0 spiro atoms. The molecule has 2 heterocycles. The molecule has 1 saturated heterocycles. The number of nitrogens with zero attached hydrogens (tertiary/aromatic N) is 1. The van der Waals surface area contributed by atoms with E-state index in [2.05, 4.69) is 34.5 Å². The van der Waals surface area contributed by atoms with Crippen molar-refractivity contribution >= 4 is 23.0 Å². The van der Waals surface area contributed by atoms with Crippen molar-refractivity contribution < 1.29 is 4.39 Å². The first-order valence-corrected chi connectivity index (χ1v) is 9.89. The van der Waals surface area contributed by atoms with Gasteiger partial charge in [0.15, 0.2) is 0 Å². The maximum atomic E-state index is 14.9. The lowest BCUT2D eigenvalue weighted by atomic mass is 9.83. The van der Waals surface area contributed by atoms with E-state index in [1.54, 1.807) is 6.07 Å². The number of fused-ring (bicyclic) bond motifs is 3. The van der Waals surface area contributed by atoms with Crippen LogP contribution in [0.2, 0.25) is 5.02 Å². The summed E-state index contributed by atoms with van der Waals surface area (Å²) in [5.41, 5.74) is 11.3. The monoisotopic (exact) mass is 393 g/mol. The van der Waals surface area contributed by atoms with Gasteiger partial charge in [-0.3, -0.25) is 0 Å². The molecule has 1 atom stereocenters. The number of anilines is 2. The lowest BCUT2D eigenvalue weighted by molar-refractivity contribution is 0.350. The number of nitrogen functional groups attached to an aromatic ring is 1. The van der Waals surface area contributed by atoms with Gasteiger partial charge in [-0.1, -0.05) is 60.1 Å². The fourth-order valence-corrected chi connectivity index (χ4v) is 5.05. The van der Waals surface area contributed by atoms with Crippen LogP contribution in [0.5, 0.6) is 0 Å². The zero-order valence-corrected chi connectivity index (χ0v) is 16.1. The van der Waals surface area contributed by atoms with Crippen molar-refractivity contribution in [2.24, 2.45) is 0 Å². The molecule has 0 bridgehead atoms. The first-order chi connectivity index (χ1) is 13.6. The molecular formula is C23H21ClFN3. The van der Waals surface area contributed by atoms with Crippen molar-refractivity contribution in [3.63, 3.8) is 0 Å². The summed E-state index contributed by atoms with van der Waals surface area (Å²) in [5, 5.41) is 3.68. The standard InChI is InChI=1S/C23H21ClFN3/c24-22-18(25)12-20-17(21(22)16-8-4-5-9-19(16)26)13-23(14-27-10-11-28(20)23)15-6-2-1-3-7-15/h1-9,12,27H,10-11,13-14,26H2/t23-/m1/s1. The molecule has 0 amide bonds. The minimum atomic E-state index is -0.402. The van der Waals surface area contributed by atoms with E-state index in [0.29, 0.717) is 5.69 Å². The summed E-state index contributed by atoms with van der Waals surface area (Å²) in [6, 6.07) is 19.6. The van der Waals surface area contributed by atoms with Gasteiger partial charge in [-0.15, -0.1) is 0 Å². The Bertz CT molecular complexity index is 1050. The first kappa shape index (κ1) is 17.5. The molecular weight excluding hydrogens is 373 g/mol. The third kappa shape index (κ3) is 2.45. The number of halogens is 2. The number of benzene rings is 3. The Labute approximate surface area is 168 Å². The summed E-state index contributed by atoms with van der Waals surface area (Å²) in [5.74, 6) is -0.402. The highest BCUT2D eigenvalue weighted by atomic mass is 35.5. The minimum absolute atomic E-state index is 0.146. The second-order valence-corrected chi connectivity index (χ2v) is 7.91. The maximum Gasteiger partial charge on any atom is 0.144 e. The molecule has 2 aliphatic rings. The maximum absolute atomic E-state index is 14.9.